The number of piperidine rings is 1. The number of carbonyl (C=O) groups is 1. The molecule has 1 atom stereocenters. The summed E-state index contributed by atoms with van der Waals surface area (Å²) < 4.78 is 0. The molecule has 2 N–H and O–H groups in total. The molecule has 3 aromatic rings. The van der Waals surface area contributed by atoms with E-state index in [9.17, 15) is 4.79 Å². The van der Waals surface area contributed by atoms with Crippen molar-refractivity contribution in [2.45, 2.75) is 31.1 Å². The molecule has 1 amide bonds. The Morgan fingerprint density at radius 3 is 3.08 bits per heavy atom. The van der Waals surface area contributed by atoms with Gasteiger partial charge < -0.3 is 4.90 Å². The second kappa shape index (κ2) is 4.93. The number of aromatic nitrogens is 4. The highest BCUT2D eigenvalue weighted by Gasteiger charge is 2.44. The number of benzene rings is 1. The van der Waals surface area contributed by atoms with E-state index in [1.165, 1.54) is 11.3 Å². The summed E-state index contributed by atoms with van der Waals surface area (Å²) in [6, 6.07) is 7.79. The van der Waals surface area contributed by atoms with E-state index in [2.05, 4.69) is 20.4 Å². The first kappa shape index (κ1) is 13.8. The fraction of sp³-hybridized carbons (Fsp3) is 0.389. The largest absolute Gasteiger partial charge is 0.336 e. The van der Waals surface area contributed by atoms with Crippen LogP contribution in [0.5, 0.6) is 0 Å². The number of aryl methyl sites for hydroxylation is 1. The van der Waals surface area contributed by atoms with Crippen LogP contribution in [0.4, 0.5) is 0 Å². The molecule has 6 heteroatoms. The van der Waals surface area contributed by atoms with Gasteiger partial charge in [0.2, 0.25) is 0 Å². The summed E-state index contributed by atoms with van der Waals surface area (Å²) in [5, 5.41) is 15.5. The molecule has 0 radical (unpaired) electrons. The van der Waals surface area contributed by atoms with Crippen molar-refractivity contribution in [1.82, 2.24) is 25.3 Å². The number of para-hydroxylation sites is 1. The zero-order chi connectivity index (χ0) is 16.1. The molecule has 6 nitrogen and oxygen atoms in total. The smallest absolute Gasteiger partial charge is 0.275 e. The molecule has 2 aliphatic rings. The molecule has 0 saturated carbocycles. The van der Waals surface area contributed by atoms with E-state index in [4.69, 9.17) is 0 Å². The van der Waals surface area contributed by atoms with Crippen LogP contribution in [0.1, 0.15) is 41.0 Å². The van der Waals surface area contributed by atoms with E-state index >= 15 is 0 Å². The second-order valence-electron chi connectivity index (χ2n) is 7.00. The van der Waals surface area contributed by atoms with E-state index < -0.39 is 0 Å². The van der Waals surface area contributed by atoms with Crippen molar-refractivity contribution in [3.8, 4) is 0 Å². The minimum Gasteiger partial charge on any atom is -0.336 e. The third-order valence-corrected chi connectivity index (χ3v) is 5.66. The summed E-state index contributed by atoms with van der Waals surface area (Å²) in [6.07, 6.45) is 6.23. The van der Waals surface area contributed by atoms with E-state index in [-0.39, 0.29) is 11.3 Å². The molecule has 2 aromatic heterocycles. The standard InChI is InChI=1S/C18H19N5O/c24-17(15-13-4-1-2-5-14(13)20-21-15)23-9-3-7-18(11-23)8-6-12-10-19-22-16(12)18/h1-2,4-5,10H,3,6-9,11H2,(H,19,22)(H,20,21). The lowest BCUT2D eigenvalue weighted by atomic mass is 9.77. The number of rotatable bonds is 1. The first-order valence-electron chi connectivity index (χ1n) is 8.52. The van der Waals surface area contributed by atoms with Gasteiger partial charge in [-0.1, -0.05) is 18.2 Å². The number of hydrogen-bond donors (Lipinski definition) is 2. The maximum atomic E-state index is 13.1. The minimum absolute atomic E-state index is 0.0273. The van der Waals surface area contributed by atoms with E-state index in [1.807, 2.05) is 35.4 Å². The molecule has 0 bridgehead atoms. The molecule has 1 spiro atoms. The summed E-state index contributed by atoms with van der Waals surface area (Å²) in [5.74, 6) is 0.0273. The molecule has 1 fully saturated rings. The van der Waals surface area contributed by atoms with Gasteiger partial charge in [-0.05, 0) is 37.3 Å². The Morgan fingerprint density at radius 2 is 2.12 bits per heavy atom. The Kier molecular flexibility index (Phi) is 2.83. The number of nitrogens with one attached hydrogen (secondary N) is 2. The maximum absolute atomic E-state index is 13.1. The molecule has 5 rings (SSSR count). The topological polar surface area (TPSA) is 77.7 Å². The van der Waals surface area contributed by atoms with Crippen molar-refractivity contribution in [3.63, 3.8) is 0 Å². The third-order valence-electron chi connectivity index (χ3n) is 5.66. The van der Waals surface area contributed by atoms with Crippen molar-refractivity contribution in [1.29, 1.82) is 0 Å². The molecular weight excluding hydrogens is 302 g/mol. The van der Waals surface area contributed by atoms with Crippen LogP contribution in [0.3, 0.4) is 0 Å². The van der Waals surface area contributed by atoms with Crippen LogP contribution in [0, 0.1) is 0 Å². The van der Waals surface area contributed by atoms with E-state index in [0.717, 1.165) is 49.7 Å². The van der Waals surface area contributed by atoms with Crippen LogP contribution in [0.15, 0.2) is 30.5 Å². The van der Waals surface area contributed by atoms with Gasteiger partial charge in [0.1, 0.15) is 0 Å². The van der Waals surface area contributed by atoms with Gasteiger partial charge in [-0.25, -0.2) is 0 Å². The zero-order valence-electron chi connectivity index (χ0n) is 13.4. The quantitative estimate of drug-likeness (QED) is 0.722. The highest BCUT2D eigenvalue weighted by molar-refractivity contribution is 6.04. The van der Waals surface area contributed by atoms with Gasteiger partial charge in [-0.3, -0.25) is 15.0 Å². The van der Waals surface area contributed by atoms with Crippen LogP contribution >= 0.6 is 0 Å². The van der Waals surface area contributed by atoms with Gasteiger partial charge in [0.05, 0.1) is 11.7 Å². The van der Waals surface area contributed by atoms with Crippen molar-refractivity contribution in [3.05, 3.63) is 47.4 Å². The predicted molar refractivity (Wildman–Crippen MR) is 89.8 cm³/mol. The Bertz CT molecular complexity index is 926. The highest BCUT2D eigenvalue weighted by Crippen LogP contribution is 2.44. The fourth-order valence-corrected chi connectivity index (χ4v) is 4.45. The molecule has 3 heterocycles. The molecule has 1 aliphatic carbocycles. The van der Waals surface area contributed by atoms with Crippen LogP contribution in [0.25, 0.3) is 10.9 Å². The molecule has 1 aromatic carbocycles. The first-order valence-corrected chi connectivity index (χ1v) is 8.52. The fourth-order valence-electron chi connectivity index (χ4n) is 4.45. The van der Waals surface area contributed by atoms with Crippen molar-refractivity contribution < 1.29 is 4.79 Å². The lowest BCUT2D eigenvalue weighted by molar-refractivity contribution is 0.0629. The monoisotopic (exact) mass is 321 g/mol. The summed E-state index contributed by atoms with van der Waals surface area (Å²) in [4.78, 5) is 15.1. The third kappa shape index (κ3) is 1.85. The van der Waals surface area contributed by atoms with Gasteiger partial charge in [0.25, 0.3) is 5.91 Å². The SMILES string of the molecule is O=C(c1n[nH]c2ccccc12)N1CCCC2(CCc3cn[nH]c32)C1. The molecule has 1 saturated heterocycles. The Morgan fingerprint density at radius 1 is 1.21 bits per heavy atom. The highest BCUT2D eigenvalue weighted by atomic mass is 16.2. The number of nitrogens with zero attached hydrogens (tertiary/aromatic N) is 3. The summed E-state index contributed by atoms with van der Waals surface area (Å²) in [5.41, 5.74) is 4.04. The van der Waals surface area contributed by atoms with Gasteiger partial charge in [-0.2, -0.15) is 10.2 Å². The predicted octanol–water partition coefficient (Wildman–Crippen LogP) is 2.41. The average Bonchev–Trinajstić information content (AvgIpc) is 3.32. The number of fused-ring (bicyclic) bond motifs is 3. The van der Waals surface area contributed by atoms with Crippen molar-refractivity contribution in [2.75, 3.05) is 13.1 Å². The maximum Gasteiger partial charge on any atom is 0.275 e. The van der Waals surface area contributed by atoms with E-state index in [1.54, 1.807) is 0 Å². The van der Waals surface area contributed by atoms with Crippen LogP contribution in [-0.4, -0.2) is 44.3 Å². The van der Waals surface area contributed by atoms with Crippen molar-refractivity contribution >= 4 is 16.8 Å². The Hall–Kier alpha value is -2.63. The molecule has 1 aliphatic heterocycles. The number of aromatic amines is 2. The van der Waals surface area contributed by atoms with Gasteiger partial charge >= 0.3 is 0 Å². The van der Waals surface area contributed by atoms with Crippen LogP contribution in [0.2, 0.25) is 0 Å². The molecule has 122 valence electrons. The number of carbonyl (C=O) groups excluding carboxylic acids is 1. The summed E-state index contributed by atoms with van der Waals surface area (Å²) in [6.45, 7) is 1.55. The molecule has 24 heavy (non-hydrogen) atoms. The molecule has 1 unspecified atom stereocenters. The van der Waals surface area contributed by atoms with Gasteiger partial charge in [0, 0.05) is 29.6 Å². The average molecular weight is 321 g/mol. The van der Waals surface area contributed by atoms with Gasteiger partial charge in [-0.15, -0.1) is 0 Å². The second-order valence-corrected chi connectivity index (χ2v) is 7.00. The Balaban J connectivity index is 1.48. The Labute approximate surface area is 139 Å². The number of hydrogen-bond acceptors (Lipinski definition) is 3. The number of amides is 1. The summed E-state index contributed by atoms with van der Waals surface area (Å²) in [7, 11) is 0. The summed E-state index contributed by atoms with van der Waals surface area (Å²) >= 11 is 0. The lowest BCUT2D eigenvalue weighted by Crippen LogP contribution is -2.48. The van der Waals surface area contributed by atoms with Crippen LogP contribution < -0.4 is 0 Å². The first-order chi connectivity index (χ1) is 11.8. The zero-order valence-corrected chi connectivity index (χ0v) is 13.4. The number of likely N-dealkylation sites (tertiary alicyclic amines) is 1. The number of H-pyrrole nitrogens is 2. The van der Waals surface area contributed by atoms with E-state index in [0.29, 0.717) is 5.69 Å². The van der Waals surface area contributed by atoms with Crippen LogP contribution in [-0.2, 0) is 11.8 Å². The minimum atomic E-state index is 0.0273. The molecular formula is C18H19N5O. The van der Waals surface area contributed by atoms with Crippen molar-refractivity contribution in [2.24, 2.45) is 0 Å². The van der Waals surface area contributed by atoms with Gasteiger partial charge in [0.15, 0.2) is 5.69 Å². The lowest BCUT2D eigenvalue weighted by Gasteiger charge is -2.40. The normalized spacial score (nSPS) is 23.1.